The third-order valence-corrected chi connectivity index (χ3v) is 3.07. The molecule has 0 bridgehead atoms. The fourth-order valence-electron chi connectivity index (χ4n) is 1.35. The molecule has 0 aliphatic rings. The average molecular weight is 185 g/mol. The van der Waals surface area contributed by atoms with Gasteiger partial charge < -0.3 is 5.73 Å². The van der Waals surface area contributed by atoms with Crippen LogP contribution in [-0.4, -0.2) is 5.54 Å². The zero-order valence-electron chi connectivity index (χ0n) is 10.1. The van der Waals surface area contributed by atoms with Gasteiger partial charge in [-0.1, -0.05) is 47.0 Å². The van der Waals surface area contributed by atoms with Gasteiger partial charge in [-0.2, -0.15) is 0 Å². The van der Waals surface area contributed by atoms with E-state index >= 15 is 0 Å². The van der Waals surface area contributed by atoms with Crippen molar-refractivity contribution in [3.8, 4) is 0 Å². The summed E-state index contributed by atoms with van der Waals surface area (Å²) in [6, 6.07) is 0. The highest BCUT2D eigenvalue weighted by molar-refractivity contribution is 4.81. The molecule has 1 atom stereocenters. The van der Waals surface area contributed by atoms with Gasteiger partial charge in [0.1, 0.15) is 0 Å². The van der Waals surface area contributed by atoms with Crippen LogP contribution in [0.4, 0.5) is 0 Å². The number of nitrogens with two attached hydrogens (primary N) is 1. The van der Waals surface area contributed by atoms with E-state index in [1.54, 1.807) is 0 Å². The van der Waals surface area contributed by atoms with Gasteiger partial charge in [0.15, 0.2) is 0 Å². The molecule has 0 aliphatic carbocycles. The minimum atomic E-state index is 0.0387. The molecule has 0 aromatic rings. The molecule has 1 heteroatoms. The van der Waals surface area contributed by atoms with Gasteiger partial charge in [-0.05, 0) is 25.2 Å². The van der Waals surface area contributed by atoms with Gasteiger partial charge in [0.25, 0.3) is 0 Å². The van der Waals surface area contributed by atoms with Crippen LogP contribution < -0.4 is 5.73 Å². The van der Waals surface area contributed by atoms with Crippen molar-refractivity contribution in [2.24, 2.45) is 17.6 Å². The molecule has 0 saturated heterocycles. The Labute approximate surface area is 84.1 Å². The lowest BCUT2D eigenvalue weighted by molar-refractivity contribution is 0.303. The molecule has 1 nitrogen and oxygen atoms in total. The maximum atomic E-state index is 6.18. The van der Waals surface area contributed by atoms with E-state index in [-0.39, 0.29) is 5.54 Å². The SMILES string of the molecule is CC(C)CCCCC(C)(N)C(C)C. The Balaban J connectivity index is 3.52. The van der Waals surface area contributed by atoms with Crippen molar-refractivity contribution < 1.29 is 0 Å². The third-order valence-electron chi connectivity index (χ3n) is 3.07. The largest absolute Gasteiger partial charge is 0.325 e. The minimum Gasteiger partial charge on any atom is -0.325 e. The Morgan fingerprint density at radius 2 is 1.62 bits per heavy atom. The molecule has 0 aliphatic heterocycles. The molecule has 1 unspecified atom stereocenters. The van der Waals surface area contributed by atoms with Crippen LogP contribution in [0.15, 0.2) is 0 Å². The first-order valence-electron chi connectivity index (χ1n) is 5.65. The topological polar surface area (TPSA) is 26.0 Å². The average Bonchev–Trinajstić information content (AvgIpc) is 1.97. The molecule has 0 spiro atoms. The fraction of sp³-hybridized carbons (Fsp3) is 1.00. The zero-order valence-corrected chi connectivity index (χ0v) is 10.1. The van der Waals surface area contributed by atoms with E-state index < -0.39 is 0 Å². The van der Waals surface area contributed by atoms with Crippen molar-refractivity contribution in [2.75, 3.05) is 0 Å². The van der Waals surface area contributed by atoms with Crippen LogP contribution in [0.1, 0.15) is 60.3 Å². The van der Waals surface area contributed by atoms with Crippen LogP contribution in [-0.2, 0) is 0 Å². The number of unbranched alkanes of at least 4 members (excludes halogenated alkanes) is 1. The molecule has 0 saturated carbocycles. The summed E-state index contributed by atoms with van der Waals surface area (Å²) in [6.45, 7) is 11.2. The van der Waals surface area contributed by atoms with Crippen LogP contribution in [0.25, 0.3) is 0 Å². The quantitative estimate of drug-likeness (QED) is 0.629. The molecule has 0 rings (SSSR count). The Kier molecular flexibility index (Phi) is 5.62. The number of rotatable bonds is 6. The first-order valence-corrected chi connectivity index (χ1v) is 5.65. The van der Waals surface area contributed by atoms with Gasteiger partial charge >= 0.3 is 0 Å². The number of hydrogen-bond acceptors (Lipinski definition) is 1. The van der Waals surface area contributed by atoms with Crippen molar-refractivity contribution in [3.05, 3.63) is 0 Å². The maximum absolute atomic E-state index is 6.18. The molecular formula is C12H27N. The van der Waals surface area contributed by atoms with Crippen LogP contribution in [0.5, 0.6) is 0 Å². The van der Waals surface area contributed by atoms with E-state index in [0.29, 0.717) is 5.92 Å². The predicted molar refractivity (Wildman–Crippen MR) is 60.7 cm³/mol. The Bertz CT molecular complexity index is 125. The molecule has 2 N–H and O–H groups in total. The molecular weight excluding hydrogens is 158 g/mol. The summed E-state index contributed by atoms with van der Waals surface area (Å²) in [5, 5.41) is 0. The summed E-state index contributed by atoms with van der Waals surface area (Å²) in [4.78, 5) is 0. The molecule has 0 fully saturated rings. The van der Waals surface area contributed by atoms with Crippen LogP contribution >= 0.6 is 0 Å². The molecule has 0 aromatic heterocycles. The second-order valence-corrected chi connectivity index (χ2v) is 5.30. The van der Waals surface area contributed by atoms with E-state index in [2.05, 4.69) is 34.6 Å². The Morgan fingerprint density at radius 1 is 1.08 bits per heavy atom. The van der Waals surface area contributed by atoms with Crippen molar-refractivity contribution >= 4 is 0 Å². The highest BCUT2D eigenvalue weighted by atomic mass is 14.7. The Hall–Kier alpha value is -0.0400. The summed E-state index contributed by atoms with van der Waals surface area (Å²) in [5.41, 5.74) is 6.22. The number of hydrogen-bond donors (Lipinski definition) is 1. The van der Waals surface area contributed by atoms with Crippen molar-refractivity contribution in [2.45, 2.75) is 65.8 Å². The smallest absolute Gasteiger partial charge is 0.0149 e. The van der Waals surface area contributed by atoms with Crippen LogP contribution in [0.3, 0.4) is 0 Å². The molecule has 80 valence electrons. The van der Waals surface area contributed by atoms with Gasteiger partial charge in [-0.3, -0.25) is 0 Å². The Morgan fingerprint density at radius 3 is 2.00 bits per heavy atom. The molecule has 13 heavy (non-hydrogen) atoms. The van der Waals surface area contributed by atoms with Crippen LogP contribution in [0.2, 0.25) is 0 Å². The zero-order chi connectivity index (χ0) is 10.5. The summed E-state index contributed by atoms with van der Waals surface area (Å²) in [6.07, 6.45) is 5.12. The van der Waals surface area contributed by atoms with Crippen molar-refractivity contribution in [1.82, 2.24) is 0 Å². The highest BCUT2D eigenvalue weighted by Crippen LogP contribution is 2.21. The van der Waals surface area contributed by atoms with E-state index in [9.17, 15) is 0 Å². The lowest BCUT2D eigenvalue weighted by Crippen LogP contribution is -2.41. The van der Waals surface area contributed by atoms with Gasteiger partial charge in [-0.25, -0.2) is 0 Å². The lowest BCUT2D eigenvalue weighted by Gasteiger charge is -2.29. The van der Waals surface area contributed by atoms with Gasteiger partial charge in [0.2, 0.25) is 0 Å². The fourth-order valence-corrected chi connectivity index (χ4v) is 1.35. The highest BCUT2D eigenvalue weighted by Gasteiger charge is 2.21. The van der Waals surface area contributed by atoms with Gasteiger partial charge in [-0.15, -0.1) is 0 Å². The summed E-state index contributed by atoms with van der Waals surface area (Å²) < 4.78 is 0. The van der Waals surface area contributed by atoms with Crippen molar-refractivity contribution in [3.63, 3.8) is 0 Å². The molecule has 0 radical (unpaired) electrons. The van der Waals surface area contributed by atoms with Gasteiger partial charge in [0.05, 0.1) is 0 Å². The second-order valence-electron chi connectivity index (χ2n) is 5.30. The summed E-state index contributed by atoms with van der Waals surface area (Å²) >= 11 is 0. The van der Waals surface area contributed by atoms with E-state index in [0.717, 1.165) is 12.3 Å². The second kappa shape index (κ2) is 5.64. The maximum Gasteiger partial charge on any atom is 0.0149 e. The third kappa shape index (κ3) is 6.09. The molecule has 0 aromatic carbocycles. The summed E-state index contributed by atoms with van der Waals surface area (Å²) in [7, 11) is 0. The monoisotopic (exact) mass is 185 g/mol. The van der Waals surface area contributed by atoms with E-state index in [4.69, 9.17) is 5.73 Å². The van der Waals surface area contributed by atoms with Gasteiger partial charge in [0, 0.05) is 5.54 Å². The first-order chi connectivity index (χ1) is 5.86. The van der Waals surface area contributed by atoms with Crippen molar-refractivity contribution in [1.29, 1.82) is 0 Å². The molecule has 0 amide bonds. The lowest BCUT2D eigenvalue weighted by atomic mass is 9.84. The normalized spacial score (nSPS) is 16.6. The van der Waals surface area contributed by atoms with E-state index in [1.807, 2.05) is 0 Å². The van der Waals surface area contributed by atoms with Crippen LogP contribution in [0, 0.1) is 11.8 Å². The van der Waals surface area contributed by atoms with E-state index in [1.165, 1.54) is 19.3 Å². The summed E-state index contributed by atoms with van der Waals surface area (Å²) in [5.74, 6) is 1.43. The minimum absolute atomic E-state index is 0.0387. The first kappa shape index (κ1) is 13.0. The predicted octanol–water partition coefficient (Wildman–Crippen LogP) is 3.58. The standard InChI is InChI=1S/C12H27N/c1-10(2)8-6-7-9-12(5,13)11(3)4/h10-11H,6-9,13H2,1-5H3. The molecule has 0 heterocycles.